The fraction of sp³-hybridized carbons (Fsp3) is 0.167. The highest BCUT2D eigenvalue weighted by atomic mass is 19.4. The van der Waals surface area contributed by atoms with Crippen LogP contribution in [0.3, 0.4) is 0 Å². The van der Waals surface area contributed by atoms with Crippen LogP contribution in [0.5, 0.6) is 5.75 Å². The van der Waals surface area contributed by atoms with Crippen LogP contribution in [-0.2, 0) is 22.3 Å². The number of nitrogens with zero attached hydrogens (tertiary/aromatic N) is 1. The van der Waals surface area contributed by atoms with Crippen LogP contribution in [0.25, 0.3) is 6.08 Å². The van der Waals surface area contributed by atoms with Gasteiger partial charge in [-0.2, -0.15) is 13.2 Å². The lowest BCUT2D eigenvalue weighted by Gasteiger charge is -2.19. The van der Waals surface area contributed by atoms with Gasteiger partial charge in [0, 0.05) is 35.0 Å². The number of alkyl halides is 3. The predicted molar refractivity (Wildman–Crippen MR) is 92.5 cm³/mol. The summed E-state index contributed by atoms with van der Waals surface area (Å²) in [6, 6.07) is 6.73. The molecule has 0 radical (unpaired) electrons. The van der Waals surface area contributed by atoms with E-state index < -0.39 is 22.6 Å². The lowest BCUT2D eigenvalue weighted by atomic mass is 10.1. The van der Waals surface area contributed by atoms with Gasteiger partial charge < -0.3 is 14.8 Å². The molecular weight excluding hydrogens is 381 g/mol. The minimum absolute atomic E-state index is 0.0322. The van der Waals surface area contributed by atoms with Gasteiger partial charge in [0.1, 0.15) is 5.75 Å². The zero-order valence-corrected chi connectivity index (χ0v) is 14.2. The van der Waals surface area contributed by atoms with Crippen LogP contribution in [0.2, 0.25) is 0 Å². The number of amides is 1. The van der Waals surface area contributed by atoms with Gasteiger partial charge >= 0.3 is 6.18 Å². The van der Waals surface area contributed by atoms with E-state index in [9.17, 15) is 28.1 Å². The average Bonchev–Trinajstić information content (AvgIpc) is 2.65. The first-order valence-corrected chi connectivity index (χ1v) is 7.92. The maximum atomic E-state index is 12.7. The number of fused-ring (bicyclic) bond motifs is 1. The van der Waals surface area contributed by atoms with Crippen molar-refractivity contribution in [2.75, 3.05) is 12.1 Å². The quantitative estimate of drug-likeness (QED) is 0.478. The van der Waals surface area contributed by atoms with Crippen molar-refractivity contribution in [1.29, 1.82) is 0 Å². The second-order valence-corrected chi connectivity index (χ2v) is 5.79. The van der Waals surface area contributed by atoms with E-state index in [2.05, 4.69) is 5.32 Å². The molecule has 2 aromatic carbocycles. The van der Waals surface area contributed by atoms with Crippen molar-refractivity contribution in [3.8, 4) is 5.75 Å². The Balaban J connectivity index is 1.81. The Morgan fingerprint density at radius 2 is 2.04 bits per heavy atom. The van der Waals surface area contributed by atoms with E-state index in [4.69, 9.17) is 9.47 Å². The van der Waals surface area contributed by atoms with Gasteiger partial charge in [-0.25, -0.2) is 0 Å². The normalized spacial score (nSPS) is 13.7. The molecule has 1 aliphatic heterocycles. The molecule has 7 nitrogen and oxygen atoms in total. The van der Waals surface area contributed by atoms with Crippen LogP contribution in [0.4, 0.5) is 24.5 Å². The zero-order valence-electron chi connectivity index (χ0n) is 14.2. The lowest BCUT2D eigenvalue weighted by molar-refractivity contribution is -0.385. The SMILES string of the molecule is O=C(/C=C/c1cc([N+](=O)[O-])cc2c1OCOC2)Nc1cccc(C(F)(F)F)c1. The van der Waals surface area contributed by atoms with Crippen LogP contribution < -0.4 is 10.1 Å². The Morgan fingerprint density at radius 3 is 2.75 bits per heavy atom. The minimum atomic E-state index is -4.53. The molecule has 10 heteroatoms. The summed E-state index contributed by atoms with van der Waals surface area (Å²) in [4.78, 5) is 22.5. The molecule has 1 amide bonds. The fourth-order valence-corrected chi connectivity index (χ4v) is 2.58. The first-order chi connectivity index (χ1) is 13.2. The Hall–Kier alpha value is -3.40. The number of hydrogen-bond acceptors (Lipinski definition) is 5. The molecule has 0 saturated carbocycles. The molecule has 0 bridgehead atoms. The predicted octanol–water partition coefficient (Wildman–Crippen LogP) is 4.13. The van der Waals surface area contributed by atoms with E-state index in [-0.39, 0.29) is 30.3 Å². The summed E-state index contributed by atoms with van der Waals surface area (Å²) in [5.74, 6) is -0.355. The van der Waals surface area contributed by atoms with Gasteiger partial charge in [0.2, 0.25) is 5.91 Å². The number of rotatable bonds is 4. The lowest BCUT2D eigenvalue weighted by Crippen LogP contribution is -2.13. The molecule has 0 spiro atoms. The molecule has 1 N–H and O–H groups in total. The number of nitro benzene ring substituents is 1. The highest BCUT2D eigenvalue weighted by molar-refractivity contribution is 6.02. The van der Waals surface area contributed by atoms with Gasteiger partial charge in [0.25, 0.3) is 5.69 Å². The van der Waals surface area contributed by atoms with E-state index in [1.165, 1.54) is 30.3 Å². The summed E-state index contributed by atoms with van der Waals surface area (Å²) in [6.07, 6.45) is -2.18. The third-order valence-corrected chi connectivity index (χ3v) is 3.81. The largest absolute Gasteiger partial charge is 0.467 e. The number of ether oxygens (including phenoxy) is 2. The Bertz CT molecular complexity index is 957. The summed E-state index contributed by atoms with van der Waals surface area (Å²) in [6.45, 7) is 0.0797. The van der Waals surface area contributed by atoms with Crippen LogP contribution in [0.15, 0.2) is 42.5 Å². The van der Waals surface area contributed by atoms with Gasteiger partial charge in [0.15, 0.2) is 6.79 Å². The van der Waals surface area contributed by atoms with Gasteiger partial charge in [-0.3, -0.25) is 14.9 Å². The van der Waals surface area contributed by atoms with E-state index in [1.54, 1.807) is 0 Å². The molecular formula is C18H13F3N2O5. The number of carbonyl (C=O) groups excluding carboxylic acids is 1. The minimum Gasteiger partial charge on any atom is -0.467 e. The van der Waals surface area contributed by atoms with Gasteiger partial charge in [-0.15, -0.1) is 0 Å². The number of halogens is 3. The molecule has 2 aromatic rings. The Kier molecular flexibility index (Phi) is 5.32. The maximum Gasteiger partial charge on any atom is 0.416 e. The summed E-state index contributed by atoms with van der Waals surface area (Å²) in [5, 5.41) is 13.4. The smallest absolute Gasteiger partial charge is 0.416 e. The molecule has 0 unspecified atom stereocenters. The number of non-ortho nitro benzene ring substituents is 1. The van der Waals surface area contributed by atoms with Crippen molar-refractivity contribution in [3.05, 3.63) is 69.3 Å². The summed E-state index contributed by atoms with van der Waals surface area (Å²) in [7, 11) is 0. The van der Waals surface area contributed by atoms with Crippen molar-refractivity contribution < 1.29 is 32.4 Å². The first-order valence-electron chi connectivity index (χ1n) is 7.92. The molecule has 0 saturated heterocycles. The Morgan fingerprint density at radius 1 is 1.25 bits per heavy atom. The number of hydrogen-bond donors (Lipinski definition) is 1. The zero-order chi connectivity index (χ0) is 20.3. The van der Waals surface area contributed by atoms with Crippen molar-refractivity contribution in [2.45, 2.75) is 12.8 Å². The molecule has 146 valence electrons. The van der Waals surface area contributed by atoms with E-state index in [1.807, 2.05) is 0 Å². The molecule has 0 atom stereocenters. The maximum absolute atomic E-state index is 12.7. The summed E-state index contributed by atoms with van der Waals surface area (Å²) < 4.78 is 48.6. The van der Waals surface area contributed by atoms with Crippen LogP contribution >= 0.6 is 0 Å². The molecule has 0 aliphatic carbocycles. The monoisotopic (exact) mass is 394 g/mol. The third kappa shape index (κ3) is 4.46. The van der Waals surface area contributed by atoms with Crippen molar-refractivity contribution in [3.63, 3.8) is 0 Å². The highest BCUT2D eigenvalue weighted by Gasteiger charge is 2.30. The molecule has 0 fully saturated rings. The number of benzene rings is 2. The van der Waals surface area contributed by atoms with Gasteiger partial charge in [-0.1, -0.05) is 6.07 Å². The van der Waals surface area contributed by atoms with Crippen molar-refractivity contribution in [2.24, 2.45) is 0 Å². The third-order valence-electron chi connectivity index (χ3n) is 3.81. The van der Waals surface area contributed by atoms with E-state index in [0.29, 0.717) is 11.3 Å². The molecule has 28 heavy (non-hydrogen) atoms. The van der Waals surface area contributed by atoms with Crippen molar-refractivity contribution in [1.82, 2.24) is 0 Å². The fourth-order valence-electron chi connectivity index (χ4n) is 2.58. The second-order valence-electron chi connectivity index (χ2n) is 5.79. The molecule has 1 heterocycles. The standard InChI is InChI=1S/C18H13F3N2O5/c19-18(20,21)13-2-1-3-14(8-13)22-16(24)5-4-11-6-15(23(25)26)7-12-9-27-10-28-17(11)12/h1-8H,9-10H2,(H,22,24)/b5-4+. The average molecular weight is 394 g/mol. The number of carbonyl (C=O) groups is 1. The molecule has 1 aliphatic rings. The summed E-state index contributed by atoms with van der Waals surface area (Å²) in [5.41, 5.74) is -0.388. The number of nitro groups is 1. The van der Waals surface area contributed by atoms with Crippen LogP contribution in [-0.4, -0.2) is 17.6 Å². The number of anilines is 1. The number of nitrogens with one attached hydrogen (secondary N) is 1. The summed E-state index contributed by atoms with van der Waals surface area (Å²) >= 11 is 0. The first kappa shape index (κ1) is 19.4. The van der Waals surface area contributed by atoms with E-state index >= 15 is 0 Å². The van der Waals surface area contributed by atoms with Crippen LogP contribution in [0, 0.1) is 10.1 Å². The Labute approximate surface area is 156 Å². The van der Waals surface area contributed by atoms with Crippen LogP contribution in [0.1, 0.15) is 16.7 Å². The topological polar surface area (TPSA) is 90.7 Å². The van der Waals surface area contributed by atoms with Gasteiger partial charge in [-0.05, 0) is 24.3 Å². The highest BCUT2D eigenvalue weighted by Crippen LogP contribution is 2.33. The molecule has 3 rings (SSSR count). The second kappa shape index (κ2) is 7.69. The van der Waals surface area contributed by atoms with Crippen molar-refractivity contribution >= 4 is 23.4 Å². The van der Waals surface area contributed by atoms with E-state index in [0.717, 1.165) is 18.2 Å². The molecule has 0 aromatic heterocycles. The van der Waals surface area contributed by atoms with Gasteiger partial charge in [0.05, 0.1) is 17.1 Å².